The van der Waals surface area contributed by atoms with E-state index in [1.165, 1.54) is 5.56 Å². The summed E-state index contributed by atoms with van der Waals surface area (Å²) in [5.74, 6) is 0.651. The molecule has 1 atom stereocenters. The normalized spacial score (nSPS) is 19.9. The zero-order valence-electron chi connectivity index (χ0n) is 8.07. The molecule has 14 heavy (non-hydrogen) atoms. The van der Waals surface area contributed by atoms with E-state index in [-0.39, 0.29) is 0 Å². The SMILES string of the molecule is [CH2-][NH+]1N=NC(c2ccc(CC)cc2)=N1. The van der Waals surface area contributed by atoms with E-state index in [9.17, 15) is 0 Å². The number of rotatable bonds is 2. The summed E-state index contributed by atoms with van der Waals surface area (Å²) < 4.78 is 0. The topological polar surface area (TPSA) is 41.5 Å². The van der Waals surface area contributed by atoms with Crippen molar-refractivity contribution in [3.05, 3.63) is 42.4 Å². The van der Waals surface area contributed by atoms with E-state index < -0.39 is 0 Å². The molecule has 0 fully saturated rings. The maximum atomic E-state index is 4.10. The Morgan fingerprint density at radius 1 is 1.29 bits per heavy atom. The zero-order valence-corrected chi connectivity index (χ0v) is 8.07. The van der Waals surface area contributed by atoms with E-state index >= 15 is 0 Å². The van der Waals surface area contributed by atoms with Gasteiger partial charge in [-0.25, -0.2) is 0 Å². The fourth-order valence-corrected chi connectivity index (χ4v) is 1.28. The summed E-state index contributed by atoms with van der Waals surface area (Å²) in [6, 6.07) is 8.17. The van der Waals surface area contributed by atoms with Gasteiger partial charge in [0.25, 0.3) is 0 Å². The minimum absolute atomic E-state index is 0.472. The number of amidine groups is 1. The number of hydrogen-bond donors (Lipinski definition) is 1. The second kappa shape index (κ2) is 3.67. The third-order valence-electron chi connectivity index (χ3n) is 2.12. The fraction of sp³-hybridized carbons (Fsp3) is 0.200. The molecule has 1 N–H and O–H groups in total. The van der Waals surface area contributed by atoms with Crippen LogP contribution in [0.1, 0.15) is 18.1 Å². The van der Waals surface area contributed by atoms with Gasteiger partial charge < -0.3 is 0 Å². The molecule has 0 bridgehead atoms. The van der Waals surface area contributed by atoms with Crippen molar-refractivity contribution in [3.63, 3.8) is 0 Å². The van der Waals surface area contributed by atoms with E-state index in [1.54, 1.807) is 0 Å². The molecule has 1 heterocycles. The first kappa shape index (κ1) is 9.02. The minimum atomic E-state index is 0.472. The average Bonchev–Trinajstić information content (AvgIpc) is 2.65. The minimum Gasteiger partial charge on any atom is -0.192 e. The van der Waals surface area contributed by atoms with Gasteiger partial charge in [-0.1, -0.05) is 48.5 Å². The van der Waals surface area contributed by atoms with Crippen molar-refractivity contribution in [2.75, 3.05) is 0 Å². The molecule has 0 radical (unpaired) electrons. The maximum Gasteiger partial charge on any atom is 0.241 e. The summed E-state index contributed by atoms with van der Waals surface area (Å²) in [5.41, 5.74) is 2.30. The van der Waals surface area contributed by atoms with E-state index in [2.05, 4.69) is 41.5 Å². The lowest BCUT2D eigenvalue weighted by molar-refractivity contribution is -0.868. The Hall–Kier alpha value is -1.55. The van der Waals surface area contributed by atoms with Gasteiger partial charge in [-0.2, -0.15) is 5.12 Å². The van der Waals surface area contributed by atoms with Crippen molar-refractivity contribution in [2.24, 2.45) is 15.4 Å². The second-order valence-electron chi connectivity index (χ2n) is 3.10. The van der Waals surface area contributed by atoms with Gasteiger partial charge in [0.2, 0.25) is 5.84 Å². The monoisotopic (exact) mass is 188 g/mol. The molecule has 1 unspecified atom stereocenters. The molecule has 0 amide bonds. The maximum absolute atomic E-state index is 4.10. The van der Waals surface area contributed by atoms with E-state index in [0.717, 1.165) is 12.0 Å². The molecule has 4 heteroatoms. The van der Waals surface area contributed by atoms with Crippen molar-refractivity contribution in [2.45, 2.75) is 13.3 Å². The van der Waals surface area contributed by atoms with Crippen LogP contribution in [0.25, 0.3) is 0 Å². The van der Waals surface area contributed by atoms with Crippen LogP contribution in [-0.2, 0) is 6.42 Å². The Kier molecular flexibility index (Phi) is 2.37. The van der Waals surface area contributed by atoms with Gasteiger partial charge in [0.05, 0.1) is 0 Å². The highest BCUT2D eigenvalue weighted by atomic mass is 15.7. The number of aryl methyl sites for hydroxylation is 1. The number of hydrogen-bond acceptors (Lipinski definition) is 3. The summed E-state index contributed by atoms with van der Waals surface area (Å²) in [7, 11) is 3.62. The van der Waals surface area contributed by atoms with Crippen molar-refractivity contribution in [1.29, 1.82) is 0 Å². The predicted octanol–water partition coefficient (Wildman–Crippen LogP) is 0.968. The number of nitrogens with one attached hydrogen (secondary N) is 1. The lowest BCUT2D eigenvalue weighted by Gasteiger charge is -1.98. The highest BCUT2D eigenvalue weighted by molar-refractivity contribution is 5.98. The predicted molar refractivity (Wildman–Crippen MR) is 53.5 cm³/mol. The Bertz CT molecular complexity index is 378. The lowest BCUT2D eigenvalue weighted by Crippen LogP contribution is -2.95. The molecule has 0 saturated heterocycles. The molecular formula is C10H12N4. The second-order valence-corrected chi connectivity index (χ2v) is 3.10. The van der Waals surface area contributed by atoms with E-state index in [4.69, 9.17) is 0 Å². The highest BCUT2D eigenvalue weighted by Crippen LogP contribution is 2.07. The number of benzene rings is 1. The largest absolute Gasteiger partial charge is 0.241 e. The zero-order chi connectivity index (χ0) is 9.97. The van der Waals surface area contributed by atoms with Crippen LogP contribution in [0.5, 0.6) is 0 Å². The summed E-state index contributed by atoms with van der Waals surface area (Å²) in [5, 5.41) is 12.3. The van der Waals surface area contributed by atoms with Crippen LogP contribution in [-0.4, -0.2) is 5.84 Å². The van der Waals surface area contributed by atoms with Crippen LogP contribution in [0.4, 0.5) is 0 Å². The van der Waals surface area contributed by atoms with Crippen LogP contribution in [0.3, 0.4) is 0 Å². The Labute approximate surface area is 82.9 Å². The summed E-state index contributed by atoms with van der Waals surface area (Å²) in [6.45, 7) is 2.13. The van der Waals surface area contributed by atoms with Gasteiger partial charge in [-0.05, 0) is 12.0 Å². The Balaban J connectivity index is 2.26. The van der Waals surface area contributed by atoms with Gasteiger partial charge in [-0.15, -0.1) is 0 Å². The Morgan fingerprint density at radius 3 is 2.50 bits per heavy atom. The molecule has 1 aromatic rings. The Morgan fingerprint density at radius 2 is 2.00 bits per heavy atom. The van der Waals surface area contributed by atoms with E-state index in [0.29, 0.717) is 11.0 Å². The first-order chi connectivity index (χ1) is 6.79. The van der Waals surface area contributed by atoms with Crippen LogP contribution in [0.15, 0.2) is 39.7 Å². The number of nitrogens with zero attached hydrogens (tertiary/aromatic N) is 3. The quantitative estimate of drug-likeness (QED) is 0.672. The molecule has 72 valence electrons. The first-order valence-corrected chi connectivity index (χ1v) is 4.58. The smallest absolute Gasteiger partial charge is 0.192 e. The number of quaternary nitrogens is 1. The lowest BCUT2D eigenvalue weighted by atomic mass is 10.1. The molecule has 0 aromatic heterocycles. The summed E-state index contributed by atoms with van der Waals surface area (Å²) >= 11 is 0. The molecule has 4 nitrogen and oxygen atoms in total. The van der Waals surface area contributed by atoms with Gasteiger partial charge in [0.15, 0.2) is 0 Å². The van der Waals surface area contributed by atoms with Crippen LogP contribution in [0, 0.1) is 7.05 Å². The standard InChI is InChI=1S/C10H12N4/c1-3-8-4-6-9(7-5-8)10-11-13-14(2)12-10/h4-7,14H,2-3H2,1H3. The fourth-order valence-electron chi connectivity index (χ4n) is 1.28. The molecule has 0 aliphatic carbocycles. The molecule has 0 saturated carbocycles. The van der Waals surface area contributed by atoms with E-state index in [1.807, 2.05) is 12.1 Å². The highest BCUT2D eigenvalue weighted by Gasteiger charge is 2.10. The summed E-state index contributed by atoms with van der Waals surface area (Å²) in [4.78, 5) is 0. The third-order valence-corrected chi connectivity index (χ3v) is 2.12. The molecule has 1 aromatic carbocycles. The molecular weight excluding hydrogens is 176 g/mol. The van der Waals surface area contributed by atoms with Crippen molar-refractivity contribution in [1.82, 2.24) is 0 Å². The van der Waals surface area contributed by atoms with Crippen LogP contribution >= 0.6 is 0 Å². The van der Waals surface area contributed by atoms with Crippen molar-refractivity contribution < 1.29 is 5.12 Å². The van der Waals surface area contributed by atoms with Crippen LogP contribution < -0.4 is 5.12 Å². The van der Waals surface area contributed by atoms with Gasteiger partial charge in [-0.3, -0.25) is 0 Å². The molecule has 1 aliphatic heterocycles. The molecule has 2 rings (SSSR count). The summed E-state index contributed by atoms with van der Waals surface area (Å²) in [6.07, 6.45) is 1.04. The van der Waals surface area contributed by atoms with Crippen molar-refractivity contribution >= 4 is 5.84 Å². The average molecular weight is 188 g/mol. The van der Waals surface area contributed by atoms with Gasteiger partial charge in [0, 0.05) is 10.8 Å². The van der Waals surface area contributed by atoms with Gasteiger partial charge in [0.1, 0.15) is 0 Å². The molecule has 0 spiro atoms. The first-order valence-electron chi connectivity index (χ1n) is 4.58. The van der Waals surface area contributed by atoms with Crippen LogP contribution in [0.2, 0.25) is 0 Å². The third kappa shape index (κ3) is 1.70. The van der Waals surface area contributed by atoms with Crippen molar-refractivity contribution in [3.8, 4) is 0 Å². The van der Waals surface area contributed by atoms with Gasteiger partial charge >= 0.3 is 0 Å². The molecule has 1 aliphatic rings.